The molecule has 3 aliphatic rings. The lowest BCUT2D eigenvalue weighted by atomic mass is 9.96. The van der Waals surface area contributed by atoms with Gasteiger partial charge in [-0.05, 0) is 12.8 Å². The lowest BCUT2D eigenvalue weighted by molar-refractivity contribution is -0.379. The fourth-order valence-electron chi connectivity index (χ4n) is 16.9. The van der Waals surface area contributed by atoms with Crippen LogP contribution in [0, 0.1) is 0 Å². The predicted octanol–water partition coefficient (Wildman–Crippen LogP) is 18.9. The Morgan fingerprint density at radius 2 is 0.514 bits per heavy atom. The molecule has 0 bridgehead atoms. The van der Waals surface area contributed by atoms with Crippen LogP contribution in [0.1, 0.15) is 450 Å². The quantitative estimate of drug-likeness (QED) is 0.0252. The first-order chi connectivity index (χ1) is 54.3. The maximum Gasteiger partial charge on any atom is 0.220 e. The van der Waals surface area contributed by atoms with Crippen molar-refractivity contribution in [2.75, 3.05) is 26.4 Å². The molecule has 3 saturated heterocycles. The highest BCUT2D eigenvalue weighted by molar-refractivity contribution is 5.76. The molecule has 1 amide bonds. The fourth-order valence-corrected chi connectivity index (χ4v) is 16.9. The molecule has 0 aromatic rings. The lowest BCUT2D eigenvalue weighted by Gasteiger charge is -2.48. The first kappa shape index (κ1) is 104. The third-order valence-corrected chi connectivity index (χ3v) is 24.4. The summed E-state index contributed by atoms with van der Waals surface area (Å²) in [6, 6.07) is -0.885. The van der Waals surface area contributed by atoms with Crippen LogP contribution in [0.15, 0.2) is 0 Å². The summed E-state index contributed by atoms with van der Waals surface area (Å²) in [6.45, 7) is 1.90. The van der Waals surface area contributed by atoms with Gasteiger partial charge in [0.1, 0.15) is 73.2 Å². The van der Waals surface area contributed by atoms with E-state index in [1.807, 2.05) is 0 Å². The summed E-state index contributed by atoms with van der Waals surface area (Å²) in [5, 5.41) is 121. The monoisotopic (exact) mass is 1590 g/mol. The Kier molecular flexibility index (Phi) is 68.2. The van der Waals surface area contributed by atoms with Crippen LogP contribution in [-0.2, 0) is 33.2 Å². The number of ether oxygens (including phenoxy) is 6. The minimum atomic E-state index is -1.97. The van der Waals surface area contributed by atoms with E-state index in [1.54, 1.807) is 0 Å². The highest BCUT2D eigenvalue weighted by Gasteiger charge is 2.54. The van der Waals surface area contributed by atoms with Crippen LogP contribution in [0.4, 0.5) is 0 Å². The van der Waals surface area contributed by atoms with Crippen molar-refractivity contribution < 1.29 is 89.4 Å². The number of carbonyl (C=O) groups is 1. The SMILES string of the molecule is CCCCCCCCCCCCCCCCCCCCCCCCCCCCCCCCCCCCCCCCCCC(=O)NC(COC1OC(CO)C(OC2OC(CO)C(OC3OC(CO)C(O)C(O)C3O)C(O)C2O)C(O)C1O)C(O)CCCCCCCCCCCCCCCCCCCCCCCCCCCC. The van der Waals surface area contributed by atoms with Crippen LogP contribution in [0.25, 0.3) is 0 Å². The van der Waals surface area contributed by atoms with Gasteiger partial charge in [-0.25, -0.2) is 0 Å². The van der Waals surface area contributed by atoms with Gasteiger partial charge < -0.3 is 89.9 Å². The van der Waals surface area contributed by atoms with Gasteiger partial charge in [-0.3, -0.25) is 4.79 Å². The molecule has 0 aromatic carbocycles. The molecule has 0 saturated carbocycles. The molecule has 17 unspecified atom stereocenters. The molecule has 0 aromatic heterocycles. The largest absolute Gasteiger partial charge is 0.394 e. The highest BCUT2D eigenvalue weighted by Crippen LogP contribution is 2.34. The molecule has 3 heterocycles. The second kappa shape index (κ2) is 72.8. The standard InChI is InChI=1S/C92H179NO18/c1-3-5-7-9-11-13-15-17-19-21-23-25-27-29-31-32-33-34-35-36-37-38-39-40-41-42-43-44-46-48-50-52-54-56-58-60-62-64-66-68-70-80(98)93-75(76(97)69-67-65-63-61-59-57-55-53-51-49-47-45-30-28-26-24-22-20-18-16-14-12-10-8-6-4-2)74-106-90-86(104)83(101)88(78(72-95)108-90)111-92-87(105)84(102)89(79(73-96)109-92)110-91-85(103)82(100)81(99)77(71-94)107-91/h75-79,81-92,94-97,99-105H,3-74H2,1-2H3,(H,93,98). The van der Waals surface area contributed by atoms with E-state index in [2.05, 4.69) is 19.2 Å². The number of rotatable bonds is 80. The van der Waals surface area contributed by atoms with Crippen molar-refractivity contribution in [3.05, 3.63) is 0 Å². The molecule has 111 heavy (non-hydrogen) atoms. The summed E-state index contributed by atoms with van der Waals surface area (Å²) >= 11 is 0. The molecule has 17 atom stereocenters. The zero-order valence-electron chi connectivity index (χ0n) is 71.5. The first-order valence-corrected chi connectivity index (χ1v) is 47.8. The van der Waals surface area contributed by atoms with E-state index >= 15 is 0 Å². The molecule has 19 nitrogen and oxygen atoms in total. The molecule has 3 fully saturated rings. The van der Waals surface area contributed by atoms with Crippen molar-refractivity contribution in [1.82, 2.24) is 5.32 Å². The van der Waals surface area contributed by atoms with Crippen LogP contribution in [0.5, 0.6) is 0 Å². The van der Waals surface area contributed by atoms with Gasteiger partial charge in [0.25, 0.3) is 0 Å². The van der Waals surface area contributed by atoms with Crippen LogP contribution in [-0.4, -0.2) is 193 Å². The molecule has 0 aliphatic carbocycles. The van der Waals surface area contributed by atoms with Gasteiger partial charge in [0.05, 0.1) is 38.6 Å². The zero-order chi connectivity index (χ0) is 80.3. The maximum absolute atomic E-state index is 13.6. The minimum absolute atomic E-state index is 0.230. The zero-order valence-corrected chi connectivity index (χ0v) is 71.5. The molecule has 3 rings (SSSR count). The topological polar surface area (TPSA) is 307 Å². The lowest BCUT2D eigenvalue weighted by Crippen LogP contribution is -2.66. The van der Waals surface area contributed by atoms with Gasteiger partial charge in [0.2, 0.25) is 5.91 Å². The van der Waals surface area contributed by atoms with E-state index in [-0.39, 0.29) is 18.9 Å². The molecule has 0 spiro atoms. The number of nitrogens with one attached hydrogen (secondary N) is 1. The molecular weight excluding hydrogens is 1410 g/mol. The van der Waals surface area contributed by atoms with Gasteiger partial charge in [-0.1, -0.05) is 431 Å². The first-order valence-electron chi connectivity index (χ1n) is 47.8. The molecular formula is C92H179NO18. The fraction of sp³-hybridized carbons (Fsp3) is 0.989. The van der Waals surface area contributed by atoms with Crippen LogP contribution >= 0.6 is 0 Å². The maximum atomic E-state index is 13.6. The molecule has 660 valence electrons. The Morgan fingerprint density at radius 3 is 0.784 bits per heavy atom. The summed E-state index contributed by atoms with van der Waals surface area (Å²) in [4.78, 5) is 13.6. The van der Waals surface area contributed by atoms with Crippen LogP contribution in [0.2, 0.25) is 0 Å². The Hall–Kier alpha value is -1.21. The molecule has 0 radical (unpaired) electrons. The van der Waals surface area contributed by atoms with Gasteiger partial charge in [-0.2, -0.15) is 0 Å². The third kappa shape index (κ3) is 51.1. The number of hydrogen-bond donors (Lipinski definition) is 12. The Bertz CT molecular complexity index is 2000. The van der Waals surface area contributed by atoms with E-state index in [0.717, 1.165) is 44.9 Å². The van der Waals surface area contributed by atoms with Gasteiger partial charge in [-0.15, -0.1) is 0 Å². The number of amides is 1. The Labute approximate surface area is 678 Å². The molecule has 19 heteroatoms. The number of hydrogen-bond acceptors (Lipinski definition) is 18. The van der Waals surface area contributed by atoms with E-state index in [1.165, 1.54) is 372 Å². The van der Waals surface area contributed by atoms with Gasteiger partial charge in [0, 0.05) is 6.42 Å². The minimum Gasteiger partial charge on any atom is -0.394 e. The Balaban J connectivity index is 1.27. The van der Waals surface area contributed by atoms with Crippen molar-refractivity contribution in [2.45, 2.75) is 555 Å². The summed E-state index contributed by atoms with van der Waals surface area (Å²) < 4.78 is 34.6. The Morgan fingerprint density at radius 1 is 0.288 bits per heavy atom. The van der Waals surface area contributed by atoms with Crippen molar-refractivity contribution in [3.63, 3.8) is 0 Å². The average molecular weight is 1590 g/mol. The van der Waals surface area contributed by atoms with E-state index in [9.17, 15) is 61.0 Å². The average Bonchev–Trinajstić information content (AvgIpc) is 0.780. The van der Waals surface area contributed by atoms with Crippen molar-refractivity contribution in [3.8, 4) is 0 Å². The second-order valence-electron chi connectivity index (χ2n) is 34.6. The van der Waals surface area contributed by atoms with E-state index in [0.29, 0.717) is 12.8 Å². The van der Waals surface area contributed by atoms with Gasteiger partial charge >= 0.3 is 0 Å². The van der Waals surface area contributed by atoms with Crippen LogP contribution < -0.4 is 5.32 Å². The highest BCUT2D eigenvalue weighted by atomic mass is 16.8. The number of carbonyl (C=O) groups excluding carboxylic acids is 1. The van der Waals surface area contributed by atoms with E-state index < -0.39 is 124 Å². The smallest absolute Gasteiger partial charge is 0.220 e. The van der Waals surface area contributed by atoms with E-state index in [4.69, 9.17) is 28.4 Å². The summed E-state index contributed by atoms with van der Waals surface area (Å²) in [5.74, 6) is -0.230. The van der Waals surface area contributed by atoms with Crippen LogP contribution in [0.3, 0.4) is 0 Å². The van der Waals surface area contributed by atoms with Gasteiger partial charge in [0.15, 0.2) is 18.9 Å². The van der Waals surface area contributed by atoms with Crippen molar-refractivity contribution >= 4 is 5.91 Å². The molecule has 3 aliphatic heterocycles. The number of unbranched alkanes of at least 4 members (excludes halogenated alkanes) is 64. The third-order valence-electron chi connectivity index (χ3n) is 24.4. The summed E-state index contributed by atoms with van der Waals surface area (Å²) in [5.41, 5.74) is 0. The van der Waals surface area contributed by atoms with Crippen molar-refractivity contribution in [2.24, 2.45) is 0 Å². The normalized spacial score (nSPS) is 24.9. The number of aliphatic hydroxyl groups is 11. The predicted molar refractivity (Wildman–Crippen MR) is 448 cm³/mol. The van der Waals surface area contributed by atoms with Crippen molar-refractivity contribution in [1.29, 1.82) is 0 Å². The summed E-state index contributed by atoms with van der Waals surface area (Å²) in [7, 11) is 0. The number of aliphatic hydroxyl groups excluding tert-OH is 11. The second-order valence-corrected chi connectivity index (χ2v) is 34.6. The summed E-state index contributed by atoms with van der Waals surface area (Å²) in [6.07, 6.45) is 62.4. The molecule has 12 N–H and O–H groups in total.